The van der Waals surface area contributed by atoms with E-state index in [0.717, 1.165) is 0 Å². The van der Waals surface area contributed by atoms with Gasteiger partial charge in [-0.3, -0.25) is 0 Å². The molecule has 25 heavy (non-hydrogen) atoms. The summed E-state index contributed by atoms with van der Waals surface area (Å²) in [5.41, 5.74) is 1.53. The zero-order chi connectivity index (χ0) is 18.1. The predicted molar refractivity (Wildman–Crippen MR) is 94.0 cm³/mol. The van der Waals surface area contributed by atoms with Gasteiger partial charge in [0, 0.05) is 13.2 Å². The highest BCUT2D eigenvalue weighted by Crippen LogP contribution is 1.99. The third-order valence-electron chi connectivity index (χ3n) is 3.53. The van der Waals surface area contributed by atoms with Crippen molar-refractivity contribution < 1.29 is 19.4 Å². The van der Waals surface area contributed by atoms with E-state index in [-0.39, 0.29) is 13.2 Å². The first kappa shape index (κ1) is 18.7. The van der Waals surface area contributed by atoms with Gasteiger partial charge in [-0.05, 0) is 29.5 Å². The van der Waals surface area contributed by atoms with Crippen LogP contribution in [0, 0.1) is 22.7 Å². The van der Waals surface area contributed by atoms with Gasteiger partial charge in [0.15, 0.2) is 0 Å². The maximum absolute atomic E-state index is 9.99. The first-order valence-electron chi connectivity index (χ1n) is 7.74. The van der Waals surface area contributed by atoms with Crippen molar-refractivity contribution >= 4 is 25.2 Å². The van der Waals surface area contributed by atoms with Crippen molar-refractivity contribution in [1.29, 1.82) is 10.5 Å². The summed E-state index contributed by atoms with van der Waals surface area (Å²) in [6, 6.07) is 17.3. The van der Waals surface area contributed by atoms with Crippen molar-refractivity contribution in [1.82, 2.24) is 0 Å². The Kier molecular flexibility index (Phi) is 7.21. The first-order chi connectivity index (χ1) is 12.2. The Balaban J connectivity index is 1.76. The number of benzene rings is 2. The van der Waals surface area contributed by atoms with E-state index in [4.69, 9.17) is 19.8 Å². The van der Waals surface area contributed by atoms with Crippen LogP contribution in [0.2, 0.25) is 0 Å². The van der Waals surface area contributed by atoms with Crippen LogP contribution in [-0.2, 0) is 9.31 Å². The van der Waals surface area contributed by atoms with Gasteiger partial charge in [-0.2, -0.15) is 10.5 Å². The van der Waals surface area contributed by atoms with Crippen LogP contribution in [0.4, 0.5) is 0 Å². The molecule has 0 aromatic heterocycles. The molecule has 0 saturated carbocycles. The highest BCUT2D eigenvalue weighted by molar-refractivity contribution is 6.61. The number of nitriles is 2. The molecule has 0 fully saturated rings. The molecule has 2 aromatic rings. The van der Waals surface area contributed by atoms with E-state index in [2.05, 4.69) is 0 Å². The Hall–Kier alpha value is -2.61. The highest BCUT2D eigenvalue weighted by Gasteiger charge is 2.21. The quantitative estimate of drug-likeness (QED) is 0.517. The predicted octanol–water partition coefficient (Wildman–Crippen LogP) is -0.0715. The Labute approximate surface area is 147 Å². The molecule has 0 unspecified atom stereocenters. The number of hydrogen-bond donors (Lipinski definition) is 2. The molecule has 0 spiro atoms. The van der Waals surface area contributed by atoms with Crippen molar-refractivity contribution in [2.75, 3.05) is 13.2 Å². The minimum absolute atomic E-state index is 0.188. The maximum Gasteiger partial charge on any atom is 0.492 e. The summed E-state index contributed by atoms with van der Waals surface area (Å²) >= 11 is 0. The van der Waals surface area contributed by atoms with E-state index < -0.39 is 14.2 Å². The lowest BCUT2D eigenvalue weighted by Crippen LogP contribution is -2.37. The van der Waals surface area contributed by atoms with Crippen molar-refractivity contribution in [3.8, 4) is 12.1 Å². The smallest absolute Gasteiger partial charge is 0.423 e. The lowest BCUT2D eigenvalue weighted by molar-refractivity contribution is 0.211. The van der Waals surface area contributed by atoms with Gasteiger partial charge in [0.2, 0.25) is 0 Å². The zero-order valence-corrected chi connectivity index (χ0v) is 13.5. The molecule has 2 rings (SSSR count). The van der Waals surface area contributed by atoms with Crippen LogP contribution in [0.3, 0.4) is 0 Å². The third-order valence-corrected chi connectivity index (χ3v) is 3.53. The second kappa shape index (κ2) is 9.63. The van der Waals surface area contributed by atoms with Gasteiger partial charge in [-0.15, -0.1) is 0 Å². The van der Waals surface area contributed by atoms with Crippen LogP contribution in [0.1, 0.15) is 17.5 Å². The number of rotatable bonds is 8. The van der Waals surface area contributed by atoms with Crippen LogP contribution in [0.25, 0.3) is 0 Å². The molecule has 0 aliphatic heterocycles. The second-order valence-corrected chi connectivity index (χ2v) is 5.20. The van der Waals surface area contributed by atoms with E-state index in [0.29, 0.717) is 28.5 Å². The van der Waals surface area contributed by atoms with Gasteiger partial charge in [-0.1, -0.05) is 36.4 Å². The molecular weight excluding hydrogens is 318 g/mol. The van der Waals surface area contributed by atoms with Crippen LogP contribution >= 0.6 is 0 Å². The molecule has 0 aliphatic carbocycles. The monoisotopic (exact) mass is 334 g/mol. The Bertz CT molecular complexity index is 723. The van der Waals surface area contributed by atoms with E-state index in [1.165, 1.54) is 0 Å². The number of nitrogens with zero attached hydrogens (tertiary/aromatic N) is 2. The fourth-order valence-corrected chi connectivity index (χ4v) is 2.26. The van der Waals surface area contributed by atoms with Crippen LogP contribution in [0.5, 0.6) is 0 Å². The molecule has 0 atom stereocenters. The molecule has 0 amide bonds. The Morgan fingerprint density at radius 1 is 0.760 bits per heavy atom. The summed E-state index contributed by atoms with van der Waals surface area (Å²) in [7, 11) is -2.39. The first-order valence-corrected chi connectivity index (χ1v) is 7.74. The molecule has 0 aliphatic rings. The molecule has 6 nitrogen and oxygen atoms in total. The van der Waals surface area contributed by atoms with Gasteiger partial charge < -0.3 is 19.4 Å². The molecule has 0 heterocycles. The van der Waals surface area contributed by atoms with Crippen LogP contribution in [-0.4, -0.2) is 37.5 Å². The fourth-order valence-electron chi connectivity index (χ4n) is 2.26. The lowest BCUT2D eigenvalue weighted by atomic mass is 9.76. The fraction of sp³-hybridized carbons (Fsp3) is 0.176. The van der Waals surface area contributed by atoms with Gasteiger partial charge in [0.1, 0.15) is 0 Å². The van der Waals surface area contributed by atoms with E-state index in [1.54, 1.807) is 48.5 Å². The van der Waals surface area contributed by atoms with E-state index >= 15 is 0 Å². The van der Waals surface area contributed by atoms with Crippen molar-refractivity contribution in [3.63, 3.8) is 0 Å². The van der Waals surface area contributed by atoms with Gasteiger partial charge in [0.25, 0.3) is 0 Å². The minimum atomic E-state index is -1.19. The van der Waals surface area contributed by atoms with E-state index in [1.807, 2.05) is 12.1 Å². The summed E-state index contributed by atoms with van der Waals surface area (Å²) in [6.07, 6.45) is 0.428. The van der Waals surface area contributed by atoms with E-state index in [9.17, 15) is 10.0 Å². The summed E-state index contributed by atoms with van der Waals surface area (Å²) < 4.78 is 10.6. The molecular formula is C17H16B2N2O4. The molecule has 124 valence electrons. The summed E-state index contributed by atoms with van der Waals surface area (Å²) in [5, 5.41) is 38.0. The molecule has 2 N–H and O–H groups in total. The van der Waals surface area contributed by atoms with Gasteiger partial charge in [-0.25, -0.2) is 0 Å². The van der Waals surface area contributed by atoms with Gasteiger partial charge >= 0.3 is 14.2 Å². The highest BCUT2D eigenvalue weighted by atomic mass is 16.5. The normalized spacial score (nSPS) is 9.92. The van der Waals surface area contributed by atoms with Crippen molar-refractivity contribution in [2.24, 2.45) is 0 Å². The molecule has 8 heteroatoms. The second-order valence-electron chi connectivity index (χ2n) is 5.20. The average molecular weight is 334 g/mol. The molecule has 0 bridgehead atoms. The van der Waals surface area contributed by atoms with Crippen molar-refractivity contribution in [3.05, 3.63) is 59.7 Å². The lowest BCUT2D eigenvalue weighted by Gasteiger charge is -2.11. The molecule has 0 radical (unpaired) electrons. The minimum Gasteiger partial charge on any atom is -0.423 e. The summed E-state index contributed by atoms with van der Waals surface area (Å²) in [4.78, 5) is 0. The third kappa shape index (κ3) is 5.18. The topological polar surface area (TPSA) is 106 Å². The summed E-state index contributed by atoms with van der Waals surface area (Å²) in [6.45, 7) is 0.376. The van der Waals surface area contributed by atoms with Crippen molar-refractivity contribution in [2.45, 2.75) is 6.42 Å². The van der Waals surface area contributed by atoms with Gasteiger partial charge in [0.05, 0.1) is 23.3 Å². The molecule has 0 saturated heterocycles. The standard InChI is InChI=1S/C17H16B2N2O4/c20-12-14-6-1-3-8-16(14)18(22)24-10-5-11-25-19(23)17-9-4-2-7-15(17)13-21/h1-4,6-9,22-23H,5,10-11H2. The van der Waals surface area contributed by atoms with Crippen LogP contribution < -0.4 is 10.9 Å². The SMILES string of the molecule is N#Cc1ccccc1B(O)OCCCOB(O)c1ccccc1C#N. The maximum atomic E-state index is 9.99. The average Bonchev–Trinajstić information content (AvgIpc) is 2.67. The zero-order valence-electron chi connectivity index (χ0n) is 13.5. The Morgan fingerprint density at radius 3 is 1.56 bits per heavy atom. The number of hydrogen-bond acceptors (Lipinski definition) is 6. The largest absolute Gasteiger partial charge is 0.492 e. The van der Waals surface area contributed by atoms with Crippen LogP contribution in [0.15, 0.2) is 48.5 Å². The summed E-state index contributed by atoms with van der Waals surface area (Å²) in [5.74, 6) is 0. The molecule has 2 aromatic carbocycles. The Morgan fingerprint density at radius 2 is 1.16 bits per heavy atom.